The van der Waals surface area contributed by atoms with Crippen molar-refractivity contribution in [3.63, 3.8) is 0 Å². The fourth-order valence-corrected chi connectivity index (χ4v) is 1.81. The maximum Gasteiger partial charge on any atom is 0.323 e. The fourth-order valence-electron chi connectivity index (χ4n) is 1.81. The average molecular weight is 170 g/mol. The molecule has 0 aromatic carbocycles. The Labute approximate surface area is 71.9 Å². The first-order valence-electron chi connectivity index (χ1n) is 4.49. The Morgan fingerprint density at radius 3 is 2.75 bits per heavy atom. The summed E-state index contributed by atoms with van der Waals surface area (Å²) in [5, 5.41) is 3.26. The molecule has 2 saturated heterocycles. The number of nitrogens with zero attached hydrogens (tertiary/aromatic N) is 1. The van der Waals surface area contributed by atoms with Gasteiger partial charge in [0.25, 0.3) is 0 Å². The first-order valence-corrected chi connectivity index (χ1v) is 4.49. The van der Waals surface area contributed by atoms with Gasteiger partial charge in [-0.05, 0) is 0 Å². The number of hydrogen-bond acceptors (Lipinski definition) is 4. The smallest absolute Gasteiger partial charge is 0.323 e. The van der Waals surface area contributed by atoms with Crippen molar-refractivity contribution >= 4 is 5.97 Å². The molecule has 0 saturated carbocycles. The Morgan fingerprint density at radius 2 is 2.17 bits per heavy atom. The third-order valence-electron chi connectivity index (χ3n) is 2.50. The lowest BCUT2D eigenvalue weighted by Gasteiger charge is -2.30. The quantitative estimate of drug-likeness (QED) is 0.523. The summed E-state index contributed by atoms with van der Waals surface area (Å²) in [6.45, 7) is 4.53. The Morgan fingerprint density at radius 1 is 1.42 bits per heavy atom. The third-order valence-corrected chi connectivity index (χ3v) is 2.50. The SMILES string of the molecule is O=C1OCC[C@@H]1N1CCNCC1. The largest absolute Gasteiger partial charge is 0.464 e. The van der Waals surface area contributed by atoms with Gasteiger partial charge < -0.3 is 10.1 Å². The Balaban J connectivity index is 1.93. The van der Waals surface area contributed by atoms with Crippen molar-refractivity contribution in [2.75, 3.05) is 32.8 Å². The van der Waals surface area contributed by atoms with Gasteiger partial charge in [0.05, 0.1) is 6.61 Å². The molecule has 1 N–H and O–H groups in total. The van der Waals surface area contributed by atoms with Gasteiger partial charge in [0.1, 0.15) is 6.04 Å². The molecule has 0 amide bonds. The lowest BCUT2D eigenvalue weighted by Crippen LogP contribution is -2.49. The molecule has 0 aromatic rings. The van der Waals surface area contributed by atoms with Crippen LogP contribution in [0.15, 0.2) is 0 Å². The van der Waals surface area contributed by atoms with E-state index in [-0.39, 0.29) is 12.0 Å². The van der Waals surface area contributed by atoms with Crippen LogP contribution in [0.25, 0.3) is 0 Å². The minimum absolute atomic E-state index is 0.0306. The summed E-state index contributed by atoms with van der Waals surface area (Å²) < 4.78 is 4.92. The first-order chi connectivity index (χ1) is 5.88. The summed E-state index contributed by atoms with van der Waals surface area (Å²) in [4.78, 5) is 13.4. The van der Waals surface area contributed by atoms with Gasteiger partial charge in [0.2, 0.25) is 0 Å². The second-order valence-corrected chi connectivity index (χ2v) is 3.26. The molecule has 12 heavy (non-hydrogen) atoms. The summed E-state index contributed by atoms with van der Waals surface area (Å²) in [6.07, 6.45) is 0.874. The van der Waals surface area contributed by atoms with E-state index in [4.69, 9.17) is 4.74 Å². The Hall–Kier alpha value is -0.610. The summed E-state index contributed by atoms with van der Waals surface area (Å²) in [7, 11) is 0. The van der Waals surface area contributed by atoms with Crippen molar-refractivity contribution in [3.05, 3.63) is 0 Å². The van der Waals surface area contributed by atoms with Gasteiger partial charge in [0, 0.05) is 32.6 Å². The van der Waals surface area contributed by atoms with Crippen LogP contribution in [0.1, 0.15) is 6.42 Å². The first kappa shape index (κ1) is 8.01. The van der Waals surface area contributed by atoms with Crippen LogP contribution in [-0.2, 0) is 9.53 Å². The van der Waals surface area contributed by atoms with Crippen LogP contribution in [0.4, 0.5) is 0 Å². The average Bonchev–Trinajstić information content (AvgIpc) is 2.53. The number of rotatable bonds is 1. The molecule has 0 radical (unpaired) electrons. The highest BCUT2D eigenvalue weighted by Gasteiger charge is 2.32. The number of cyclic esters (lactones) is 1. The number of carbonyl (C=O) groups excluding carboxylic acids is 1. The summed E-state index contributed by atoms with van der Waals surface area (Å²) >= 11 is 0. The highest BCUT2D eigenvalue weighted by molar-refractivity contribution is 5.77. The molecular weight excluding hydrogens is 156 g/mol. The van der Waals surface area contributed by atoms with E-state index in [0.717, 1.165) is 32.6 Å². The van der Waals surface area contributed by atoms with Gasteiger partial charge in [-0.25, -0.2) is 0 Å². The molecule has 2 aliphatic rings. The molecule has 2 aliphatic heterocycles. The molecule has 2 rings (SSSR count). The number of carbonyl (C=O) groups is 1. The molecule has 2 heterocycles. The molecule has 1 atom stereocenters. The molecule has 0 aliphatic carbocycles. The Kier molecular flexibility index (Phi) is 2.28. The van der Waals surface area contributed by atoms with E-state index in [1.54, 1.807) is 0 Å². The zero-order chi connectivity index (χ0) is 8.39. The van der Waals surface area contributed by atoms with E-state index in [9.17, 15) is 4.79 Å². The second kappa shape index (κ2) is 3.41. The normalized spacial score (nSPS) is 32.0. The molecule has 2 fully saturated rings. The van der Waals surface area contributed by atoms with Crippen molar-refractivity contribution in [3.8, 4) is 0 Å². The van der Waals surface area contributed by atoms with Crippen molar-refractivity contribution in [1.29, 1.82) is 0 Å². The molecule has 4 nitrogen and oxygen atoms in total. The number of ether oxygens (including phenoxy) is 1. The fraction of sp³-hybridized carbons (Fsp3) is 0.875. The van der Waals surface area contributed by atoms with Crippen LogP contribution in [0, 0.1) is 0 Å². The van der Waals surface area contributed by atoms with Crippen molar-refractivity contribution < 1.29 is 9.53 Å². The molecule has 0 bridgehead atoms. The Bertz CT molecular complexity index is 178. The van der Waals surface area contributed by atoms with E-state index in [2.05, 4.69) is 10.2 Å². The standard InChI is InChI=1S/C8H14N2O2/c11-8-7(1-6-12-8)10-4-2-9-3-5-10/h7,9H,1-6H2/t7-/m0/s1. The van der Waals surface area contributed by atoms with E-state index >= 15 is 0 Å². The number of esters is 1. The zero-order valence-electron chi connectivity index (χ0n) is 7.08. The number of hydrogen-bond donors (Lipinski definition) is 1. The van der Waals surface area contributed by atoms with Crippen LogP contribution >= 0.6 is 0 Å². The monoisotopic (exact) mass is 170 g/mol. The van der Waals surface area contributed by atoms with Crippen LogP contribution in [0.2, 0.25) is 0 Å². The van der Waals surface area contributed by atoms with Gasteiger partial charge >= 0.3 is 5.97 Å². The van der Waals surface area contributed by atoms with E-state index in [1.165, 1.54) is 0 Å². The van der Waals surface area contributed by atoms with Gasteiger partial charge in [-0.3, -0.25) is 9.69 Å². The molecule has 0 unspecified atom stereocenters. The molecule has 0 spiro atoms. The molecule has 0 aromatic heterocycles. The second-order valence-electron chi connectivity index (χ2n) is 3.26. The molecule has 4 heteroatoms. The lowest BCUT2D eigenvalue weighted by atomic mass is 10.2. The minimum atomic E-state index is -0.0306. The summed E-state index contributed by atoms with van der Waals surface area (Å²) in [6, 6.07) is 0.0482. The van der Waals surface area contributed by atoms with Crippen molar-refractivity contribution in [2.24, 2.45) is 0 Å². The summed E-state index contributed by atoms with van der Waals surface area (Å²) in [5.74, 6) is -0.0306. The molecule has 68 valence electrons. The minimum Gasteiger partial charge on any atom is -0.464 e. The van der Waals surface area contributed by atoms with Crippen LogP contribution < -0.4 is 5.32 Å². The predicted octanol–water partition coefficient (Wildman–Crippen LogP) is -0.793. The maximum atomic E-state index is 11.2. The number of nitrogens with one attached hydrogen (secondary N) is 1. The van der Waals surface area contributed by atoms with Crippen molar-refractivity contribution in [2.45, 2.75) is 12.5 Å². The van der Waals surface area contributed by atoms with E-state index < -0.39 is 0 Å². The van der Waals surface area contributed by atoms with Gasteiger partial charge in [-0.2, -0.15) is 0 Å². The van der Waals surface area contributed by atoms with E-state index in [1.807, 2.05) is 0 Å². The summed E-state index contributed by atoms with van der Waals surface area (Å²) in [5.41, 5.74) is 0. The maximum absolute atomic E-state index is 11.2. The third kappa shape index (κ3) is 1.44. The van der Waals surface area contributed by atoms with Gasteiger partial charge in [0.15, 0.2) is 0 Å². The topological polar surface area (TPSA) is 41.6 Å². The van der Waals surface area contributed by atoms with Crippen LogP contribution in [0.5, 0.6) is 0 Å². The lowest BCUT2D eigenvalue weighted by molar-refractivity contribution is -0.142. The highest BCUT2D eigenvalue weighted by Crippen LogP contribution is 2.13. The van der Waals surface area contributed by atoms with Gasteiger partial charge in [-0.15, -0.1) is 0 Å². The van der Waals surface area contributed by atoms with Crippen LogP contribution in [0.3, 0.4) is 0 Å². The van der Waals surface area contributed by atoms with E-state index in [0.29, 0.717) is 6.61 Å². The molecular formula is C8H14N2O2. The number of piperazine rings is 1. The highest BCUT2D eigenvalue weighted by atomic mass is 16.5. The van der Waals surface area contributed by atoms with Gasteiger partial charge in [-0.1, -0.05) is 0 Å². The van der Waals surface area contributed by atoms with Crippen LogP contribution in [-0.4, -0.2) is 49.7 Å². The van der Waals surface area contributed by atoms with Crippen molar-refractivity contribution in [1.82, 2.24) is 10.2 Å². The predicted molar refractivity (Wildman–Crippen MR) is 43.8 cm³/mol. The zero-order valence-corrected chi connectivity index (χ0v) is 7.08.